The van der Waals surface area contributed by atoms with Crippen LogP contribution in [0.4, 0.5) is 11.5 Å². The lowest BCUT2D eigenvalue weighted by atomic mass is 10.3. The van der Waals surface area contributed by atoms with Gasteiger partial charge in [-0.3, -0.25) is 4.79 Å². The van der Waals surface area contributed by atoms with Gasteiger partial charge in [-0.25, -0.2) is 4.98 Å². The number of ether oxygens (including phenoxy) is 1. The molecule has 19 heavy (non-hydrogen) atoms. The van der Waals surface area contributed by atoms with Crippen molar-refractivity contribution in [1.82, 2.24) is 9.97 Å². The van der Waals surface area contributed by atoms with Gasteiger partial charge in [-0.1, -0.05) is 18.2 Å². The van der Waals surface area contributed by atoms with E-state index in [2.05, 4.69) is 16.5 Å². The summed E-state index contributed by atoms with van der Waals surface area (Å²) in [6.07, 6.45) is 1.64. The molecule has 1 aromatic rings. The number of carbonyl (C=O) groups excluding carboxylic acids is 1. The summed E-state index contributed by atoms with van der Waals surface area (Å²) in [6.45, 7) is 6.01. The Bertz CT molecular complexity index is 482. The molecule has 2 N–H and O–H groups in total. The lowest BCUT2D eigenvalue weighted by Gasteiger charge is -2.20. The zero-order valence-electron chi connectivity index (χ0n) is 10.4. The van der Waals surface area contributed by atoms with E-state index in [1.54, 1.807) is 11.8 Å². The van der Waals surface area contributed by atoms with E-state index in [4.69, 9.17) is 33.7 Å². The summed E-state index contributed by atoms with van der Waals surface area (Å²) >= 11 is 11.5. The van der Waals surface area contributed by atoms with Crippen molar-refractivity contribution in [2.24, 2.45) is 0 Å². The number of aromatic nitrogens is 2. The maximum Gasteiger partial charge on any atom is 0.307 e. The van der Waals surface area contributed by atoms with Gasteiger partial charge in [-0.05, 0) is 24.7 Å². The second-order valence-electron chi connectivity index (χ2n) is 3.45. The van der Waals surface area contributed by atoms with Crippen LogP contribution in [0.2, 0.25) is 10.4 Å². The van der Waals surface area contributed by atoms with Crippen LogP contribution < -0.4 is 10.6 Å². The Kier molecular flexibility index (Phi) is 5.85. The first kappa shape index (κ1) is 15.5. The Morgan fingerprint density at radius 1 is 1.53 bits per heavy atom. The molecular weight excluding hydrogens is 291 g/mol. The molecule has 0 bridgehead atoms. The standard InChI is InChI=1S/C11H14Cl2N4O2/c1-3-17(6-5-7(18)19-4-2)10-8(14)9(12)15-11(13)16-10/h3H,1,4-6,14H2,2H3. The van der Waals surface area contributed by atoms with E-state index < -0.39 is 0 Å². The summed E-state index contributed by atoms with van der Waals surface area (Å²) in [6, 6.07) is 0. The normalized spacial score (nSPS) is 10.1. The molecule has 0 aliphatic carbocycles. The van der Waals surface area contributed by atoms with Gasteiger partial charge >= 0.3 is 5.97 Å². The third-order valence-corrected chi connectivity index (χ3v) is 2.66. The van der Waals surface area contributed by atoms with Crippen molar-refractivity contribution in [2.45, 2.75) is 13.3 Å². The Labute approximate surface area is 121 Å². The second kappa shape index (κ2) is 7.16. The lowest BCUT2D eigenvalue weighted by molar-refractivity contribution is -0.142. The van der Waals surface area contributed by atoms with Gasteiger partial charge in [-0.2, -0.15) is 4.98 Å². The lowest BCUT2D eigenvalue weighted by Crippen LogP contribution is -2.23. The fourth-order valence-electron chi connectivity index (χ4n) is 1.35. The molecule has 0 saturated carbocycles. The molecular formula is C11H14Cl2N4O2. The van der Waals surface area contributed by atoms with Crippen LogP contribution in [0.25, 0.3) is 0 Å². The van der Waals surface area contributed by atoms with Crippen molar-refractivity contribution in [3.63, 3.8) is 0 Å². The highest BCUT2D eigenvalue weighted by Gasteiger charge is 2.15. The van der Waals surface area contributed by atoms with E-state index in [-0.39, 0.29) is 28.5 Å². The average Bonchev–Trinajstić information content (AvgIpc) is 2.36. The van der Waals surface area contributed by atoms with Crippen molar-refractivity contribution >= 4 is 40.7 Å². The minimum absolute atomic E-state index is 0.0304. The van der Waals surface area contributed by atoms with E-state index in [1.165, 1.54) is 6.20 Å². The van der Waals surface area contributed by atoms with Crippen LogP contribution in [-0.2, 0) is 9.53 Å². The van der Waals surface area contributed by atoms with Crippen LogP contribution in [0.1, 0.15) is 13.3 Å². The predicted molar refractivity (Wildman–Crippen MR) is 75.3 cm³/mol. The summed E-state index contributed by atoms with van der Waals surface area (Å²) in [5.74, 6) is -0.0107. The van der Waals surface area contributed by atoms with Crippen molar-refractivity contribution in [1.29, 1.82) is 0 Å². The summed E-state index contributed by atoms with van der Waals surface area (Å²) in [4.78, 5) is 20.6. The number of anilines is 2. The van der Waals surface area contributed by atoms with E-state index in [0.717, 1.165) is 0 Å². The maximum atomic E-state index is 11.3. The topological polar surface area (TPSA) is 81.3 Å². The van der Waals surface area contributed by atoms with E-state index in [9.17, 15) is 4.79 Å². The molecule has 0 fully saturated rings. The first-order chi connectivity index (χ1) is 8.99. The van der Waals surface area contributed by atoms with Gasteiger partial charge in [0.1, 0.15) is 5.69 Å². The number of rotatable bonds is 6. The van der Waals surface area contributed by atoms with Crippen molar-refractivity contribution in [2.75, 3.05) is 23.8 Å². The minimum atomic E-state index is -0.320. The van der Waals surface area contributed by atoms with E-state index in [0.29, 0.717) is 19.0 Å². The molecule has 0 spiro atoms. The van der Waals surface area contributed by atoms with Gasteiger partial charge in [0.2, 0.25) is 5.28 Å². The van der Waals surface area contributed by atoms with Gasteiger partial charge < -0.3 is 15.4 Å². The molecule has 0 aromatic carbocycles. The van der Waals surface area contributed by atoms with Crippen LogP contribution in [0.3, 0.4) is 0 Å². The monoisotopic (exact) mass is 304 g/mol. The quantitative estimate of drug-likeness (QED) is 0.493. The highest BCUT2D eigenvalue weighted by molar-refractivity contribution is 6.34. The summed E-state index contributed by atoms with van der Waals surface area (Å²) in [5.41, 5.74) is 5.95. The Morgan fingerprint density at radius 2 is 2.21 bits per heavy atom. The Morgan fingerprint density at radius 3 is 2.79 bits per heavy atom. The molecule has 1 heterocycles. The van der Waals surface area contributed by atoms with Gasteiger partial charge in [-0.15, -0.1) is 0 Å². The smallest absolute Gasteiger partial charge is 0.307 e. The number of hydrogen-bond acceptors (Lipinski definition) is 6. The Hall–Kier alpha value is -1.53. The number of nitrogens with two attached hydrogens (primary N) is 1. The summed E-state index contributed by atoms with van der Waals surface area (Å²) in [7, 11) is 0. The predicted octanol–water partition coefficient (Wildman–Crippen LogP) is 2.27. The molecule has 0 amide bonds. The molecule has 0 aliphatic rings. The van der Waals surface area contributed by atoms with Crippen molar-refractivity contribution in [3.8, 4) is 0 Å². The van der Waals surface area contributed by atoms with E-state index >= 15 is 0 Å². The van der Waals surface area contributed by atoms with Crippen LogP contribution in [-0.4, -0.2) is 29.1 Å². The molecule has 1 rings (SSSR count). The molecule has 104 valence electrons. The van der Waals surface area contributed by atoms with Crippen molar-refractivity contribution in [3.05, 3.63) is 23.2 Å². The van der Waals surface area contributed by atoms with Crippen LogP contribution >= 0.6 is 23.2 Å². The zero-order chi connectivity index (χ0) is 14.4. The van der Waals surface area contributed by atoms with Gasteiger partial charge in [0.25, 0.3) is 0 Å². The fraction of sp³-hybridized carbons (Fsp3) is 0.364. The molecule has 0 atom stereocenters. The third-order valence-electron chi connectivity index (χ3n) is 2.21. The van der Waals surface area contributed by atoms with Gasteiger partial charge in [0, 0.05) is 6.54 Å². The summed E-state index contributed by atoms with van der Waals surface area (Å²) < 4.78 is 4.83. The van der Waals surface area contributed by atoms with Crippen molar-refractivity contribution < 1.29 is 9.53 Å². The molecule has 8 heteroatoms. The highest BCUT2D eigenvalue weighted by Crippen LogP contribution is 2.28. The highest BCUT2D eigenvalue weighted by atomic mass is 35.5. The molecule has 0 radical (unpaired) electrons. The fourth-order valence-corrected chi connectivity index (χ4v) is 1.73. The van der Waals surface area contributed by atoms with Gasteiger partial charge in [0.05, 0.1) is 13.0 Å². The molecule has 0 aliphatic heterocycles. The number of nitrogens with zero attached hydrogens (tertiary/aromatic N) is 3. The molecule has 6 nitrogen and oxygen atoms in total. The Balaban J connectivity index is 2.86. The number of hydrogen-bond donors (Lipinski definition) is 1. The minimum Gasteiger partial charge on any atom is -0.466 e. The summed E-state index contributed by atoms with van der Waals surface area (Å²) in [5, 5.41) is 0.0233. The molecule has 0 unspecified atom stereocenters. The van der Waals surface area contributed by atoms with Crippen LogP contribution in [0.15, 0.2) is 12.8 Å². The molecule has 1 aromatic heterocycles. The first-order valence-corrected chi connectivity index (χ1v) is 6.28. The SMILES string of the molecule is C=CN(CCC(=O)OCC)c1nc(Cl)nc(Cl)c1N. The number of nitrogen functional groups attached to an aromatic ring is 1. The number of carbonyl (C=O) groups is 1. The average molecular weight is 305 g/mol. The molecule has 0 saturated heterocycles. The van der Waals surface area contributed by atoms with Gasteiger partial charge in [0.15, 0.2) is 11.0 Å². The van der Waals surface area contributed by atoms with Crippen LogP contribution in [0.5, 0.6) is 0 Å². The maximum absolute atomic E-state index is 11.3. The largest absolute Gasteiger partial charge is 0.466 e. The van der Waals surface area contributed by atoms with Crippen LogP contribution in [0, 0.1) is 0 Å². The zero-order valence-corrected chi connectivity index (χ0v) is 11.9. The third kappa shape index (κ3) is 4.25. The number of esters is 1. The first-order valence-electron chi connectivity index (χ1n) is 5.52. The number of halogens is 2. The second-order valence-corrected chi connectivity index (χ2v) is 4.15. The van der Waals surface area contributed by atoms with E-state index in [1.807, 2.05) is 0 Å².